The van der Waals surface area contributed by atoms with Gasteiger partial charge >= 0.3 is 0 Å². The number of likely N-dealkylation sites (tertiary alicyclic amines) is 2. The number of amides is 1. The molecule has 2 aliphatic rings. The van der Waals surface area contributed by atoms with Gasteiger partial charge in [-0.25, -0.2) is 4.98 Å². The molecule has 1 aromatic rings. The number of likely N-dealkylation sites (N-methyl/N-ethyl adjacent to an activating group) is 1. The van der Waals surface area contributed by atoms with E-state index in [4.69, 9.17) is 0 Å². The largest absolute Gasteiger partial charge is 0.344 e. The van der Waals surface area contributed by atoms with Gasteiger partial charge in [0.1, 0.15) is 0 Å². The van der Waals surface area contributed by atoms with Crippen molar-refractivity contribution >= 4 is 5.91 Å². The van der Waals surface area contributed by atoms with E-state index in [0.29, 0.717) is 5.92 Å². The van der Waals surface area contributed by atoms with Gasteiger partial charge in [0.25, 0.3) is 5.56 Å². The number of carbonyl (C=O) groups excluding carboxylic acids is 1. The highest BCUT2D eigenvalue weighted by atomic mass is 16.2. The van der Waals surface area contributed by atoms with Crippen molar-refractivity contribution in [3.05, 3.63) is 28.9 Å². The third kappa shape index (κ3) is 3.00. The summed E-state index contributed by atoms with van der Waals surface area (Å²) in [7, 11) is 1.88. The maximum absolute atomic E-state index is 12.1. The maximum Gasteiger partial charge on any atom is 0.253 e. The van der Waals surface area contributed by atoms with Crippen LogP contribution >= 0.6 is 0 Å². The molecule has 0 N–H and O–H groups in total. The van der Waals surface area contributed by atoms with Gasteiger partial charge in [-0.05, 0) is 38.3 Å². The van der Waals surface area contributed by atoms with Crippen LogP contribution in [-0.4, -0.2) is 58.0 Å². The molecule has 0 spiro atoms. The molecule has 114 valence electrons. The van der Waals surface area contributed by atoms with Crippen molar-refractivity contribution in [2.24, 2.45) is 5.92 Å². The molecule has 1 aromatic heterocycles. The van der Waals surface area contributed by atoms with Crippen molar-refractivity contribution in [2.45, 2.75) is 31.8 Å². The Morgan fingerprint density at radius 3 is 2.57 bits per heavy atom. The summed E-state index contributed by atoms with van der Waals surface area (Å²) in [6.45, 7) is 3.50. The van der Waals surface area contributed by atoms with Crippen molar-refractivity contribution in [1.82, 2.24) is 19.4 Å². The first-order valence-electron chi connectivity index (χ1n) is 7.64. The lowest BCUT2D eigenvalue weighted by Gasteiger charge is -2.35. The summed E-state index contributed by atoms with van der Waals surface area (Å²) in [5, 5.41) is 0. The second-order valence-electron chi connectivity index (χ2n) is 6.11. The minimum absolute atomic E-state index is 0.0139. The Hall–Kier alpha value is -1.69. The molecule has 0 bridgehead atoms. The number of nitrogens with zero attached hydrogens (tertiary/aromatic N) is 4. The topological polar surface area (TPSA) is 58.4 Å². The Balaban J connectivity index is 1.55. The lowest BCUT2D eigenvalue weighted by atomic mass is 9.95. The van der Waals surface area contributed by atoms with Crippen LogP contribution in [0.5, 0.6) is 0 Å². The minimum Gasteiger partial charge on any atom is -0.344 e. The second-order valence-corrected chi connectivity index (χ2v) is 6.11. The highest BCUT2D eigenvalue weighted by Crippen LogP contribution is 2.24. The molecule has 0 aromatic carbocycles. The van der Waals surface area contributed by atoms with E-state index in [9.17, 15) is 9.59 Å². The molecule has 2 saturated heterocycles. The van der Waals surface area contributed by atoms with Gasteiger partial charge in [0.2, 0.25) is 5.91 Å². The van der Waals surface area contributed by atoms with Gasteiger partial charge < -0.3 is 4.90 Å². The number of aromatic nitrogens is 2. The molecule has 2 aliphatic heterocycles. The van der Waals surface area contributed by atoms with E-state index in [1.54, 1.807) is 10.9 Å². The van der Waals surface area contributed by atoms with Crippen molar-refractivity contribution in [1.29, 1.82) is 0 Å². The summed E-state index contributed by atoms with van der Waals surface area (Å²) in [5.74, 6) is 0.759. The molecule has 1 amide bonds. The molecule has 3 rings (SSSR count). The van der Waals surface area contributed by atoms with E-state index in [1.165, 1.54) is 12.3 Å². The summed E-state index contributed by atoms with van der Waals surface area (Å²) in [6, 6.07) is 1.58. The van der Waals surface area contributed by atoms with Gasteiger partial charge in [-0.1, -0.05) is 0 Å². The zero-order valence-electron chi connectivity index (χ0n) is 12.4. The third-order valence-corrected chi connectivity index (χ3v) is 4.74. The first-order chi connectivity index (χ1) is 10.1. The van der Waals surface area contributed by atoms with Crippen LogP contribution in [0, 0.1) is 5.92 Å². The fourth-order valence-electron chi connectivity index (χ4n) is 3.38. The predicted molar refractivity (Wildman–Crippen MR) is 78.8 cm³/mol. The Morgan fingerprint density at radius 2 is 1.95 bits per heavy atom. The van der Waals surface area contributed by atoms with Crippen LogP contribution in [0.3, 0.4) is 0 Å². The number of hydrogen-bond donors (Lipinski definition) is 0. The maximum atomic E-state index is 12.1. The van der Waals surface area contributed by atoms with Gasteiger partial charge in [-0.3, -0.25) is 19.1 Å². The van der Waals surface area contributed by atoms with Gasteiger partial charge in [-0.15, -0.1) is 0 Å². The van der Waals surface area contributed by atoms with E-state index in [2.05, 4.69) is 9.88 Å². The fraction of sp³-hybridized carbons (Fsp3) is 0.667. The second kappa shape index (κ2) is 5.97. The highest BCUT2D eigenvalue weighted by Gasteiger charge is 2.35. The fourth-order valence-corrected chi connectivity index (χ4v) is 3.38. The summed E-state index contributed by atoms with van der Waals surface area (Å²) in [5.41, 5.74) is 0.0139. The first-order valence-corrected chi connectivity index (χ1v) is 7.64. The van der Waals surface area contributed by atoms with Crippen molar-refractivity contribution < 1.29 is 4.79 Å². The minimum atomic E-state index is 0.0139. The summed E-state index contributed by atoms with van der Waals surface area (Å²) >= 11 is 0. The zero-order chi connectivity index (χ0) is 14.8. The van der Waals surface area contributed by atoms with Gasteiger partial charge in [-0.2, -0.15) is 0 Å². The van der Waals surface area contributed by atoms with Crippen LogP contribution < -0.4 is 5.56 Å². The van der Waals surface area contributed by atoms with Crippen molar-refractivity contribution in [3.63, 3.8) is 0 Å². The molecular weight excluding hydrogens is 268 g/mol. The molecule has 1 unspecified atom stereocenters. The number of hydrogen-bond acceptors (Lipinski definition) is 4. The lowest BCUT2D eigenvalue weighted by molar-refractivity contribution is -0.131. The van der Waals surface area contributed by atoms with Crippen LogP contribution in [0.2, 0.25) is 0 Å². The number of rotatable bonds is 3. The van der Waals surface area contributed by atoms with E-state index in [1.807, 2.05) is 11.9 Å². The van der Waals surface area contributed by atoms with E-state index in [0.717, 1.165) is 45.4 Å². The van der Waals surface area contributed by atoms with Gasteiger partial charge in [0.05, 0.1) is 12.4 Å². The summed E-state index contributed by atoms with van der Waals surface area (Å²) in [6.07, 6.45) is 6.17. The molecule has 0 radical (unpaired) electrons. The van der Waals surface area contributed by atoms with E-state index < -0.39 is 0 Å². The number of piperidine rings is 1. The van der Waals surface area contributed by atoms with Gasteiger partial charge in [0.15, 0.2) is 0 Å². The molecule has 6 nitrogen and oxygen atoms in total. The Morgan fingerprint density at radius 1 is 1.19 bits per heavy atom. The Bertz CT molecular complexity index is 563. The normalized spacial score (nSPS) is 24.7. The molecule has 6 heteroatoms. The van der Waals surface area contributed by atoms with Crippen LogP contribution in [-0.2, 0) is 11.3 Å². The summed E-state index contributed by atoms with van der Waals surface area (Å²) in [4.78, 5) is 31.9. The zero-order valence-corrected chi connectivity index (χ0v) is 12.4. The SMILES string of the molecule is CN1CCC(N2CCC(Cn3cnccc3=O)CC2)C1=O. The molecular formula is C15H22N4O2. The average Bonchev–Trinajstić information content (AvgIpc) is 2.82. The van der Waals surface area contributed by atoms with E-state index >= 15 is 0 Å². The molecule has 1 atom stereocenters. The quantitative estimate of drug-likeness (QED) is 0.797. The molecule has 3 heterocycles. The van der Waals surface area contributed by atoms with E-state index in [-0.39, 0.29) is 17.5 Å². The molecule has 21 heavy (non-hydrogen) atoms. The lowest BCUT2D eigenvalue weighted by Crippen LogP contribution is -2.46. The Labute approximate surface area is 124 Å². The predicted octanol–water partition coefficient (Wildman–Crippen LogP) is 0.186. The summed E-state index contributed by atoms with van der Waals surface area (Å²) < 4.78 is 1.69. The molecule has 2 fully saturated rings. The van der Waals surface area contributed by atoms with Gasteiger partial charge in [0, 0.05) is 32.4 Å². The average molecular weight is 290 g/mol. The van der Waals surface area contributed by atoms with Crippen molar-refractivity contribution in [2.75, 3.05) is 26.7 Å². The smallest absolute Gasteiger partial charge is 0.253 e. The third-order valence-electron chi connectivity index (χ3n) is 4.74. The first kappa shape index (κ1) is 14.3. The van der Waals surface area contributed by atoms with Crippen LogP contribution in [0.1, 0.15) is 19.3 Å². The number of carbonyl (C=O) groups is 1. The van der Waals surface area contributed by atoms with Crippen LogP contribution in [0.25, 0.3) is 0 Å². The standard InChI is InChI=1S/C15H22N4O2/c1-17-7-5-13(15(17)21)18-8-3-12(4-9-18)10-19-11-16-6-2-14(19)20/h2,6,11-13H,3-5,7-10H2,1H3. The monoisotopic (exact) mass is 290 g/mol. The molecule has 0 aliphatic carbocycles. The van der Waals surface area contributed by atoms with Crippen LogP contribution in [0.15, 0.2) is 23.4 Å². The Kier molecular flexibility index (Phi) is 4.05. The highest BCUT2D eigenvalue weighted by molar-refractivity contribution is 5.83. The van der Waals surface area contributed by atoms with Crippen molar-refractivity contribution in [3.8, 4) is 0 Å². The van der Waals surface area contributed by atoms with Crippen LogP contribution in [0.4, 0.5) is 0 Å². The molecule has 0 saturated carbocycles.